The summed E-state index contributed by atoms with van der Waals surface area (Å²) >= 11 is 0. The number of phosphoric ester groups is 2. The van der Waals surface area contributed by atoms with Gasteiger partial charge in [-0.25, -0.2) is 9.13 Å². The van der Waals surface area contributed by atoms with Crippen LogP contribution in [0.1, 0.15) is 382 Å². The van der Waals surface area contributed by atoms with Crippen molar-refractivity contribution in [2.24, 2.45) is 17.8 Å². The molecule has 17 nitrogen and oxygen atoms in total. The van der Waals surface area contributed by atoms with E-state index in [1.807, 2.05) is 0 Å². The number of rotatable bonds is 73. The van der Waals surface area contributed by atoms with Crippen LogP contribution in [-0.2, 0) is 65.4 Å². The van der Waals surface area contributed by atoms with Gasteiger partial charge in [-0.15, -0.1) is 0 Å². The Morgan fingerprint density at radius 3 is 0.723 bits per heavy atom. The van der Waals surface area contributed by atoms with Crippen molar-refractivity contribution < 1.29 is 80.2 Å². The van der Waals surface area contributed by atoms with Gasteiger partial charge < -0.3 is 33.8 Å². The molecule has 19 heteroatoms. The van der Waals surface area contributed by atoms with Crippen LogP contribution >= 0.6 is 15.6 Å². The number of aliphatic hydroxyl groups excluding tert-OH is 1. The van der Waals surface area contributed by atoms with Crippen LogP contribution < -0.4 is 0 Å². The number of carbonyl (C=O) groups excluding carboxylic acids is 4. The third kappa shape index (κ3) is 68.6. The van der Waals surface area contributed by atoms with Crippen molar-refractivity contribution in [1.29, 1.82) is 0 Å². The number of phosphoric acid groups is 2. The molecule has 0 radical (unpaired) electrons. The molecule has 0 bridgehead atoms. The average molecular weight is 1380 g/mol. The molecule has 2 unspecified atom stereocenters. The molecule has 0 aliphatic rings. The highest BCUT2D eigenvalue weighted by molar-refractivity contribution is 7.47. The summed E-state index contributed by atoms with van der Waals surface area (Å²) in [7, 11) is -9.91. The number of unbranched alkanes of at least 4 members (excludes halogenated alkanes) is 41. The Morgan fingerprint density at radius 2 is 0.489 bits per heavy atom. The summed E-state index contributed by atoms with van der Waals surface area (Å²) in [6.45, 7) is 11.8. The summed E-state index contributed by atoms with van der Waals surface area (Å²) in [6.07, 6.45) is 51.4. The molecule has 0 aromatic rings. The number of carbonyl (C=O) groups is 4. The summed E-state index contributed by atoms with van der Waals surface area (Å²) in [5.74, 6) is 0.124. The standard InChI is InChI=1S/C75H146O17P2/c1-8-9-10-11-12-13-14-15-20-23-28-35-42-49-56-72(77)85-62-70(91-74(79)58-51-44-36-29-24-21-18-16-17-19-22-26-32-39-46-53-66(2)3)64-89-93(81,82)87-60-69(76)61-88-94(83,84)90-65-71(63-86-73(78)57-50-43-38-31-34-41-48-55-68(6)7)92-75(80)59-52-45-37-30-25-27-33-40-47-54-67(4)5/h66-71,76H,8-65H2,1-7H3,(H,81,82)(H,83,84)/t69-,70-,71-/m1/s1. The van der Waals surface area contributed by atoms with E-state index in [0.717, 1.165) is 108 Å². The van der Waals surface area contributed by atoms with Crippen LogP contribution in [0.4, 0.5) is 0 Å². The third-order valence-electron chi connectivity index (χ3n) is 17.4. The summed E-state index contributed by atoms with van der Waals surface area (Å²) in [5, 5.41) is 10.6. The maximum Gasteiger partial charge on any atom is 0.472 e. The van der Waals surface area contributed by atoms with Crippen molar-refractivity contribution in [3.63, 3.8) is 0 Å². The molecule has 5 atom stereocenters. The van der Waals surface area contributed by atoms with Crippen molar-refractivity contribution >= 4 is 39.5 Å². The zero-order valence-corrected chi connectivity index (χ0v) is 63.2. The van der Waals surface area contributed by atoms with Crippen molar-refractivity contribution in [1.82, 2.24) is 0 Å². The fraction of sp³-hybridized carbons (Fsp3) is 0.947. The number of aliphatic hydroxyl groups is 1. The van der Waals surface area contributed by atoms with Gasteiger partial charge in [-0.05, 0) is 43.4 Å². The van der Waals surface area contributed by atoms with E-state index in [1.165, 1.54) is 186 Å². The van der Waals surface area contributed by atoms with Crippen LogP contribution in [0.2, 0.25) is 0 Å². The largest absolute Gasteiger partial charge is 0.472 e. The number of hydrogen-bond donors (Lipinski definition) is 3. The fourth-order valence-corrected chi connectivity index (χ4v) is 13.0. The molecule has 94 heavy (non-hydrogen) atoms. The molecule has 0 aromatic carbocycles. The summed E-state index contributed by atoms with van der Waals surface area (Å²) in [4.78, 5) is 72.7. The topological polar surface area (TPSA) is 237 Å². The van der Waals surface area contributed by atoms with Gasteiger partial charge in [0.25, 0.3) is 0 Å². The van der Waals surface area contributed by atoms with E-state index in [-0.39, 0.29) is 25.7 Å². The number of esters is 4. The Morgan fingerprint density at radius 1 is 0.287 bits per heavy atom. The van der Waals surface area contributed by atoms with E-state index in [1.54, 1.807) is 0 Å². The maximum atomic E-state index is 13.1. The van der Waals surface area contributed by atoms with E-state index in [9.17, 15) is 43.2 Å². The second-order valence-electron chi connectivity index (χ2n) is 28.5. The second-order valence-corrected chi connectivity index (χ2v) is 31.4. The van der Waals surface area contributed by atoms with Gasteiger partial charge in [-0.1, -0.05) is 331 Å². The van der Waals surface area contributed by atoms with Gasteiger partial charge in [-0.2, -0.15) is 0 Å². The highest BCUT2D eigenvalue weighted by atomic mass is 31.2. The highest BCUT2D eigenvalue weighted by Gasteiger charge is 2.30. The van der Waals surface area contributed by atoms with Crippen LogP contribution in [0.3, 0.4) is 0 Å². The Balaban J connectivity index is 5.24. The molecule has 0 saturated heterocycles. The van der Waals surface area contributed by atoms with Crippen LogP contribution in [0.5, 0.6) is 0 Å². The monoisotopic (exact) mass is 1380 g/mol. The van der Waals surface area contributed by atoms with Gasteiger partial charge in [0.15, 0.2) is 12.2 Å². The lowest BCUT2D eigenvalue weighted by Gasteiger charge is -2.21. The molecular weight excluding hydrogens is 1230 g/mol. The van der Waals surface area contributed by atoms with Crippen LogP contribution in [0.15, 0.2) is 0 Å². The van der Waals surface area contributed by atoms with E-state index < -0.39 is 97.5 Å². The average Bonchev–Trinajstić information content (AvgIpc) is 3.08. The molecule has 0 aliphatic carbocycles. The van der Waals surface area contributed by atoms with Gasteiger partial charge in [0.05, 0.1) is 26.4 Å². The Labute approximate surface area is 575 Å². The molecule has 0 rings (SSSR count). The van der Waals surface area contributed by atoms with E-state index in [0.29, 0.717) is 31.6 Å². The van der Waals surface area contributed by atoms with Crippen molar-refractivity contribution in [3.05, 3.63) is 0 Å². The lowest BCUT2D eigenvalue weighted by Crippen LogP contribution is -2.30. The first kappa shape index (κ1) is 92.1. The molecule has 0 aromatic heterocycles. The van der Waals surface area contributed by atoms with Crippen molar-refractivity contribution in [3.8, 4) is 0 Å². The van der Waals surface area contributed by atoms with Gasteiger partial charge in [0, 0.05) is 25.7 Å². The molecule has 0 aliphatic heterocycles. The molecule has 0 spiro atoms. The first-order chi connectivity index (χ1) is 45.2. The van der Waals surface area contributed by atoms with Gasteiger partial charge >= 0.3 is 39.5 Å². The normalized spacial score (nSPS) is 14.1. The summed E-state index contributed by atoms with van der Waals surface area (Å²) in [6, 6.07) is 0. The zero-order valence-electron chi connectivity index (χ0n) is 61.4. The molecular formula is C75H146O17P2. The minimum atomic E-state index is -4.96. The van der Waals surface area contributed by atoms with Crippen molar-refractivity contribution in [2.75, 3.05) is 39.6 Å². The van der Waals surface area contributed by atoms with Crippen LogP contribution in [0, 0.1) is 17.8 Å². The first-order valence-electron chi connectivity index (χ1n) is 38.8. The Bertz CT molecular complexity index is 1840. The predicted octanol–water partition coefficient (Wildman–Crippen LogP) is 21.8. The quantitative estimate of drug-likeness (QED) is 0.0222. The first-order valence-corrected chi connectivity index (χ1v) is 41.8. The molecule has 0 amide bonds. The van der Waals surface area contributed by atoms with E-state index in [2.05, 4.69) is 48.5 Å². The third-order valence-corrected chi connectivity index (χ3v) is 19.3. The van der Waals surface area contributed by atoms with Gasteiger partial charge in [0.1, 0.15) is 19.3 Å². The predicted molar refractivity (Wildman–Crippen MR) is 381 cm³/mol. The number of hydrogen-bond acceptors (Lipinski definition) is 15. The fourth-order valence-electron chi connectivity index (χ4n) is 11.4. The lowest BCUT2D eigenvalue weighted by atomic mass is 10.0. The smallest absolute Gasteiger partial charge is 0.462 e. The summed E-state index contributed by atoms with van der Waals surface area (Å²) < 4.78 is 68.5. The van der Waals surface area contributed by atoms with E-state index in [4.69, 9.17) is 37.0 Å². The molecule has 3 N–H and O–H groups in total. The minimum absolute atomic E-state index is 0.104. The van der Waals surface area contributed by atoms with Gasteiger partial charge in [0.2, 0.25) is 0 Å². The zero-order chi connectivity index (χ0) is 69.4. The van der Waals surface area contributed by atoms with Gasteiger partial charge in [-0.3, -0.25) is 37.3 Å². The second kappa shape index (κ2) is 65.7. The molecule has 558 valence electrons. The minimum Gasteiger partial charge on any atom is -0.462 e. The lowest BCUT2D eigenvalue weighted by molar-refractivity contribution is -0.161. The SMILES string of the molecule is CCCCCCCCCCCCCCCCC(=O)OC[C@H](COP(=O)(O)OC[C@@H](O)COP(=O)(O)OC[C@@H](COC(=O)CCCCCCCCCC(C)C)OC(=O)CCCCCCCCCCCC(C)C)OC(=O)CCCCCCCCCCCCCCCCCC(C)C. The van der Waals surface area contributed by atoms with E-state index >= 15 is 0 Å². The van der Waals surface area contributed by atoms with Crippen molar-refractivity contribution in [2.45, 2.75) is 401 Å². The molecule has 0 heterocycles. The summed E-state index contributed by atoms with van der Waals surface area (Å²) in [5.41, 5.74) is 0. The molecule has 0 saturated carbocycles. The number of ether oxygens (including phenoxy) is 4. The Kier molecular flexibility index (Phi) is 64.3. The maximum absolute atomic E-state index is 13.1. The van der Waals surface area contributed by atoms with Crippen LogP contribution in [0.25, 0.3) is 0 Å². The molecule has 0 fully saturated rings. The Hall–Kier alpha value is -1.94. The van der Waals surface area contributed by atoms with Crippen LogP contribution in [-0.4, -0.2) is 96.7 Å². The highest BCUT2D eigenvalue weighted by Crippen LogP contribution is 2.45.